The number of benzene rings is 1. The summed E-state index contributed by atoms with van der Waals surface area (Å²) in [5, 5.41) is 3.56. The molecule has 0 aliphatic carbocycles. The molecule has 2 rings (SSSR count). The number of urea groups is 1. The minimum absolute atomic E-state index is 0. The Hall–Kier alpha value is -1.94. The topological polar surface area (TPSA) is 80.5 Å². The van der Waals surface area contributed by atoms with Crippen molar-refractivity contribution in [3.05, 3.63) is 46.0 Å². The number of rotatable bonds is 7. The van der Waals surface area contributed by atoms with Crippen molar-refractivity contribution in [2.45, 2.75) is 19.9 Å². The van der Waals surface area contributed by atoms with Crippen LogP contribution in [0.2, 0.25) is 10.0 Å². The van der Waals surface area contributed by atoms with E-state index < -0.39 is 24.9 Å². The summed E-state index contributed by atoms with van der Waals surface area (Å²) in [4.78, 5) is 15.6. The summed E-state index contributed by atoms with van der Waals surface area (Å²) >= 11 is 12.0. The fourth-order valence-corrected chi connectivity index (χ4v) is 2.76. The van der Waals surface area contributed by atoms with Crippen LogP contribution >= 0.6 is 35.6 Å². The van der Waals surface area contributed by atoms with E-state index >= 15 is 0 Å². The molecule has 0 saturated carbocycles. The van der Waals surface area contributed by atoms with E-state index in [2.05, 4.69) is 10.3 Å². The van der Waals surface area contributed by atoms with Crippen LogP contribution in [0.25, 0.3) is 11.1 Å². The lowest BCUT2D eigenvalue weighted by molar-refractivity contribution is 0.0822. The normalized spacial score (nSPS) is 10.5. The summed E-state index contributed by atoms with van der Waals surface area (Å²) < 4.78 is 44.5. The van der Waals surface area contributed by atoms with Gasteiger partial charge in [-0.2, -0.15) is 0 Å². The summed E-state index contributed by atoms with van der Waals surface area (Å²) in [5.74, 6) is 4.64. The van der Waals surface area contributed by atoms with Crippen LogP contribution in [0, 0.1) is 5.82 Å². The van der Waals surface area contributed by atoms with Crippen molar-refractivity contribution in [1.82, 2.24) is 15.3 Å². The highest BCUT2D eigenvalue weighted by Gasteiger charge is 2.17. The quantitative estimate of drug-likeness (QED) is 0.348. The zero-order valence-electron chi connectivity index (χ0n) is 15.1. The molecule has 1 aromatic carbocycles. The number of alkyl halides is 2. The Morgan fingerprint density at radius 3 is 2.62 bits per heavy atom. The predicted octanol–water partition coefficient (Wildman–Crippen LogP) is 4.67. The number of nitrogens with two attached hydrogens (primary N) is 1. The molecule has 1 aromatic heterocycles. The zero-order valence-corrected chi connectivity index (χ0v) is 17.4. The maximum Gasteiger partial charge on any atom is 0.331 e. The van der Waals surface area contributed by atoms with Crippen molar-refractivity contribution in [2.24, 2.45) is 5.84 Å². The number of carbonyl (C=O) groups excluding carboxylic acids is 1. The molecule has 0 unspecified atom stereocenters. The third kappa shape index (κ3) is 6.81. The molecule has 160 valence electrons. The number of hydrogen-bond acceptors (Lipinski definition) is 4. The van der Waals surface area contributed by atoms with Crippen LogP contribution in [0.15, 0.2) is 24.4 Å². The fraction of sp³-hybridized carbons (Fsp3) is 0.294. The van der Waals surface area contributed by atoms with Gasteiger partial charge in [-0.05, 0) is 25.1 Å². The third-order valence-corrected chi connectivity index (χ3v) is 4.10. The van der Waals surface area contributed by atoms with E-state index in [1.165, 1.54) is 18.3 Å². The van der Waals surface area contributed by atoms with Gasteiger partial charge in [-0.25, -0.2) is 23.8 Å². The summed E-state index contributed by atoms with van der Waals surface area (Å²) in [5.41, 5.74) is 0.388. The monoisotopic (exact) mass is 472 g/mol. The van der Waals surface area contributed by atoms with Gasteiger partial charge in [0.25, 0.3) is 6.43 Å². The van der Waals surface area contributed by atoms with Crippen molar-refractivity contribution < 1.29 is 22.7 Å². The Labute approximate surface area is 181 Å². The first-order chi connectivity index (χ1) is 13.2. The molecule has 0 radical (unpaired) electrons. The number of hydrazine groups is 1. The summed E-state index contributed by atoms with van der Waals surface area (Å²) in [6.07, 6.45) is -1.42. The van der Waals surface area contributed by atoms with Crippen molar-refractivity contribution in [3.8, 4) is 16.9 Å². The molecule has 2 aromatic rings. The van der Waals surface area contributed by atoms with Crippen LogP contribution in [0.4, 0.5) is 18.0 Å². The van der Waals surface area contributed by atoms with E-state index in [9.17, 15) is 18.0 Å². The van der Waals surface area contributed by atoms with Crippen LogP contribution < -0.4 is 15.9 Å². The van der Waals surface area contributed by atoms with Gasteiger partial charge in [0, 0.05) is 28.9 Å². The minimum Gasteiger partial charge on any atom is -0.485 e. The third-order valence-electron chi connectivity index (χ3n) is 3.60. The number of nitrogens with zero attached hydrogens (tertiary/aromatic N) is 2. The lowest BCUT2D eigenvalue weighted by Crippen LogP contribution is -2.44. The van der Waals surface area contributed by atoms with Gasteiger partial charge in [-0.3, -0.25) is 9.99 Å². The Morgan fingerprint density at radius 2 is 2.03 bits per heavy atom. The smallest absolute Gasteiger partial charge is 0.331 e. The number of nitrogens with one attached hydrogen (secondary N) is 1. The Morgan fingerprint density at radius 1 is 1.34 bits per heavy atom. The highest BCUT2D eigenvalue weighted by molar-refractivity contribution is 6.36. The van der Waals surface area contributed by atoms with Gasteiger partial charge in [0.15, 0.2) is 0 Å². The SMILES string of the molecule is CCN(N)C(=O)NCc1ncc(-c2cc(Cl)cc(Cl)c2OCC(F)F)cc1F.Cl. The number of amides is 2. The molecule has 6 nitrogen and oxygen atoms in total. The Balaban J connectivity index is 0.00000420. The van der Waals surface area contributed by atoms with Gasteiger partial charge < -0.3 is 10.1 Å². The van der Waals surface area contributed by atoms with Crippen molar-refractivity contribution >= 4 is 41.6 Å². The molecule has 0 atom stereocenters. The predicted molar refractivity (Wildman–Crippen MR) is 107 cm³/mol. The van der Waals surface area contributed by atoms with Gasteiger partial charge in [0.05, 0.1) is 17.3 Å². The maximum atomic E-state index is 14.4. The van der Waals surface area contributed by atoms with E-state index in [1.54, 1.807) is 6.92 Å². The summed E-state index contributed by atoms with van der Waals surface area (Å²) in [6.45, 7) is 0.875. The van der Waals surface area contributed by atoms with Crippen molar-refractivity contribution in [2.75, 3.05) is 13.2 Å². The number of ether oxygens (including phenoxy) is 1. The highest BCUT2D eigenvalue weighted by Crippen LogP contribution is 2.39. The lowest BCUT2D eigenvalue weighted by atomic mass is 10.1. The molecule has 3 N–H and O–H groups in total. The molecule has 0 saturated heterocycles. The van der Waals surface area contributed by atoms with E-state index in [1.807, 2.05) is 0 Å². The second kappa shape index (κ2) is 11.3. The number of halogens is 6. The van der Waals surface area contributed by atoms with Crippen LogP contribution in [-0.4, -0.2) is 35.6 Å². The Kier molecular flexibility index (Phi) is 9.78. The van der Waals surface area contributed by atoms with Crippen molar-refractivity contribution in [3.63, 3.8) is 0 Å². The minimum atomic E-state index is -2.72. The van der Waals surface area contributed by atoms with Crippen LogP contribution in [0.1, 0.15) is 12.6 Å². The molecule has 0 spiro atoms. The second-order valence-electron chi connectivity index (χ2n) is 5.56. The molecule has 0 bridgehead atoms. The first-order valence-electron chi connectivity index (χ1n) is 8.07. The second-order valence-corrected chi connectivity index (χ2v) is 6.41. The van der Waals surface area contributed by atoms with Gasteiger partial charge in [0.2, 0.25) is 0 Å². The fourth-order valence-electron chi connectivity index (χ4n) is 2.22. The van der Waals surface area contributed by atoms with E-state index in [0.29, 0.717) is 0 Å². The molecule has 0 aliphatic heterocycles. The standard InChI is InChI=1S/C17H17Cl2F3N4O2.ClH/c1-2-26(23)17(27)25-7-14-13(20)3-9(6-24-14)11-4-10(18)5-12(19)16(11)28-8-15(21)22;/h3-6,15H,2,7-8,23H2,1H3,(H,25,27);1H. The average Bonchev–Trinajstić information content (AvgIpc) is 2.64. The molecule has 12 heteroatoms. The van der Waals surface area contributed by atoms with Gasteiger partial charge in [-0.15, -0.1) is 12.4 Å². The van der Waals surface area contributed by atoms with Gasteiger partial charge >= 0.3 is 6.03 Å². The molecule has 29 heavy (non-hydrogen) atoms. The summed E-state index contributed by atoms with van der Waals surface area (Å²) in [7, 11) is 0. The van der Waals surface area contributed by atoms with Crippen LogP contribution in [-0.2, 0) is 6.54 Å². The first-order valence-corrected chi connectivity index (χ1v) is 8.83. The highest BCUT2D eigenvalue weighted by atomic mass is 35.5. The van der Waals surface area contributed by atoms with E-state index in [4.69, 9.17) is 33.8 Å². The largest absolute Gasteiger partial charge is 0.485 e. The van der Waals surface area contributed by atoms with Crippen molar-refractivity contribution in [1.29, 1.82) is 0 Å². The van der Waals surface area contributed by atoms with Gasteiger partial charge in [-0.1, -0.05) is 23.2 Å². The lowest BCUT2D eigenvalue weighted by Gasteiger charge is -2.16. The number of aromatic nitrogens is 1. The molecular weight excluding hydrogens is 456 g/mol. The van der Waals surface area contributed by atoms with E-state index in [-0.39, 0.29) is 58.1 Å². The molecule has 0 fully saturated rings. The Bertz CT molecular complexity index is 859. The first kappa shape index (κ1) is 25.1. The number of carbonyl (C=O) groups is 1. The van der Waals surface area contributed by atoms with Crippen LogP contribution in [0.3, 0.4) is 0 Å². The molecular formula is C17H18Cl3F3N4O2. The number of pyridine rings is 1. The maximum absolute atomic E-state index is 14.4. The average molecular weight is 474 g/mol. The molecule has 0 aliphatic rings. The zero-order chi connectivity index (χ0) is 20.8. The van der Waals surface area contributed by atoms with Gasteiger partial charge in [0.1, 0.15) is 18.2 Å². The van der Waals surface area contributed by atoms with E-state index in [0.717, 1.165) is 11.1 Å². The number of hydrogen-bond donors (Lipinski definition) is 2. The van der Waals surface area contributed by atoms with Crippen LogP contribution in [0.5, 0.6) is 5.75 Å². The molecule has 2 amide bonds. The summed E-state index contributed by atoms with van der Waals surface area (Å²) in [6, 6.07) is 3.26. The molecule has 1 heterocycles.